The number of rotatable bonds is 4. The van der Waals surface area contributed by atoms with Crippen LogP contribution in [-0.4, -0.2) is 24.5 Å². The first-order chi connectivity index (χ1) is 9.47. The molecule has 1 aliphatic rings. The molecule has 4 heteroatoms. The zero-order chi connectivity index (χ0) is 14.7. The molecule has 0 amide bonds. The molecule has 0 saturated heterocycles. The van der Waals surface area contributed by atoms with Crippen LogP contribution in [0.15, 0.2) is 18.2 Å². The van der Waals surface area contributed by atoms with Crippen LogP contribution >= 0.6 is 0 Å². The molecule has 2 nitrogen and oxygen atoms in total. The van der Waals surface area contributed by atoms with Gasteiger partial charge in [-0.2, -0.15) is 0 Å². The average Bonchev–Trinajstić information content (AvgIpc) is 2.42. The smallest absolute Gasteiger partial charge is 0.159 e. The molecule has 0 heterocycles. The van der Waals surface area contributed by atoms with Crippen molar-refractivity contribution in [3.63, 3.8) is 0 Å². The number of hydrogen-bond donors (Lipinski definition) is 1. The van der Waals surface area contributed by atoms with Crippen molar-refractivity contribution >= 4 is 0 Å². The zero-order valence-corrected chi connectivity index (χ0v) is 12.3. The Morgan fingerprint density at radius 1 is 1.20 bits per heavy atom. The Morgan fingerprint density at radius 3 is 2.45 bits per heavy atom. The lowest BCUT2D eigenvalue weighted by atomic mass is 9.86. The molecule has 20 heavy (non-hydrogen) atoms. The highest BCUT2D eigenvalue weighted by molar-refractivity contribution is 5.21. The monoisotopic (exact) mass is 282 g/mol. The molecule has 1 fully saturated rings. The van der Waals surface area contributed by atoms with Gasteiger partial charge in [0.1, 0.15) is 0 Å². The predicted octanol–water partition coefficient (Wildman–Crippen LogP) is 3.48. The quantitative estimate of drug-likeness (QED) is 0.916. The van der Waals surface area contributed by atoms with E-state index in [0.29, 0.717) is 18.2 Å². The molecule has 1 aromatic rings. The van der Waals surface area contributed by atoms with Crippen molar-refractivity contribution < 1.29 is 8.78 Å². The van der Waals surface area contributed by atoms with Crippen molar-refractivity contribution in [1.82, 2.24) is 4.90 Å². The van der Waals surface area contributed by atoms with Gasteiger partial charge in [0.05, 0.1) is 0 Å². The highest BCUT2D eigenvalue weighted by Crippen LogP contribution is 2.27. The summed E-state index contributed by atoms with van der Waals surface area (Å²) in [6, 6.07) is 4.20. The summed E-state index contributed by atoms with van der Waals surface area (Å²) < 4.78 is 26.2. The SMILES string of the molecule is CC1CCC(N(C)CC(N)c2ccc(F)c(F)c2)CC1. The molecule has 1 saturated carbocycles. The lowest BCUT2D eigenvalue weighted by Gasteiger charge is -2.35. The van der Waals surface area contributed by atoms with Crippen LogP contribution in [-0.2, 0) is 0 Å². The molecule has 2 rings (SSSR count). The maximum Gasteiger partial charge on any atom is 0.159 e. The van der Waals surface area contributed by atoms with Crippen LogP contribution in [0.2, 0.25) is 0 Å². The number of halogens is 2. The van der Waals surface area contributed by atoms with Crippen molar-refractivity contribution in [2.24, 2.45) is 11.7 Å². The van der Waals surface area contributed by atoms with Gasteiger partial charge in [0.2, 0.25) is 0 Å². The standard InChI is InChI=1S/C16H24F2N2/c1-11-3-6-13(7-4-11)20(2)10-16(19)12-5-8-14(17)15(18)9-12/h5,8-9,11,13,16H,3-4,6-7,10,19H2,1-2H3. The first kappa shape index (κ1) is 15.4. The van der Waals surface area contributed by atoms with Crippen molar-refractivity contribution in [2.45, 2.75) is 44.7 Å². The first-order valence-electron chi connectivity index (χ1n) is 7.38. The zero-order valence-electron chi connectivity index (χ0n) is 12.3. The molecule has 0 aromatic heterocycles. The van der Waals surface area contributed by atoms with Crippen molar-refractivity contribution in [3.05, 3.63) is 35.4 Å². The summed E-state index contributed by atoms with van der Waals surface area (Å²) >= 11 is 0. The lowest BCUT2D eigenvalue weighted by molar-refractivity contribution is 0.162. The van der Waals surface area contributed by atoms with Crippen molar-refractivity contribution in [2.75, 3.05) is 13.6 Å². The largest absolute Gasteiger partial charge is 0.323 e. The summed E-state index contributed by atoms with van der Waals surface area (Å²) in [6.07, 6.45) is 4.91. The molecule has 1 aliphatic carbocycles. The summed E-state index contributed by atoms with van der Waals surface area (Å²) in [4.78, 5) is 2.26. The van der Waals surface area contributed by atoms with E-state index in [0.717, 1.165) is 12.0 Å². The molecule has 0 bridgehead atoms. The first-order valence-corrected chi connectivity index (χ1v) is 7.38. The second-order valence-corrected chi connectivity index (χ2v) is 6.13. The molecule has 1 unspecified atom stereocenters. The van der Waals surface area contributed by atoms with Gasteiger partial charge >= 0.3 is 0 Å². The fourth-order valence-corrected chi connectivity index (χ4v) is 2.99. The van der Waals surface area contributed by atoms with Crippen LogP contribution in [0, 0.1) is 17.6 Å². The molecule has 1 aromatic carbocycles. The second kappa shape index (κ2) is 6.64. The van der Waals surface area contributed by atoms with E-state index in [9.17, 15) is 8.78 Å². The summed E-state index contributed by atoms with van der Waals surface area (Å²) in [5.41, 5.74) is 6.77. The van der Waals surface area contributed by atoms with Crippen LogP contribution in [0.4, 0.5) is 8.78 Å². The highest BCUT2D eigenvalue weighted by atomic mass is 19.2. The predicted molar refractivity (Wildman–Crippen MR) is 77.3 cm³/mol. The average molecular weight is 282 g/mol. The van der Waals surface area contributed by atoms with Gasteiger partial charge in [-0.3, -0.25) is 0 Å². The van der Waals surface area contributed by atoms with Gasteiger partial charge < -0.3 is 10.6 Å². The fraction of sp³-hybridized carbons (Fsp3) is 0.625. The van der Waals surface area contributed by atoms with Gasteiger partial charge in [-0.05, 0) is 56.3 Å². The van der Waals surface area contributed by atoms with Gasteiger partial charge in [-0.1, -0.05) is 13.0 Å². The maximum atomic E-state index is 13.2. The van der Waals surface area contributed by atoms with E-state index < -0.39 is 11.6 Å². The van der Waals surface area contributed by atoms with Crippen LogP contribution in [0.1, 0.15) is 44.2 Å². The third kappa shape index (κ3) is 3.76. The summed E-state index contributed by atoms with van der Waals surface area (Å²) in [7, 11) is 2.07. The molecule has 0 aliphatic heterocycles. The van der Waals surface area contributed by atoms with Gasteiger partial charge in [0.15, 0.2) is 11.6 Å². The van der Waals surface area contributed by atoms with E-state index in [2.05, 4.69) is 18.9 Å². The van der Waals surface area contributed by atoms with Crippen molar-refractivity contribution in [3.8, 4) is 0 Å². The number of benzene rings is 1. The van der Waals surface area contributed by atoms with Gasteiger partial charge in [-0.15, -0.1) is 0 Å². The Hall–Kier alpha value is -1.00. The maximum absolute atomic E-state index is 13.2. The number of likely N-dealkylation sites (N-methyl/N-ethyl adjacent to an activating group) is 1. The Kier molecular flexibility index (Phi) is 5.11. The number of hydrogen-bond acceptors (Lipinski definition) is 2. The van der Waals surface area contributed by atoms with E-state index in [1.54, 1.807) is 6.07 Å². The Balaban J connectivity index is 1.93. The van der Waals surface area contributed by atoms with E-state index in [-0.39, 0.29) is 6.04 Å². The number of nitrogens with two attached hydrogens (primary N) is 1. The van der Waals surface area contributed by atoms with Crippen molar-refractivity contribution in [1.29, 1.82) is 0 Å². The third-order valence-electron chi connectivity index (χ3n) is 4.47. The Morgan fingerprint density at radius 2 is 1.85 bits per heavy atom. The summed E-state index contributed by atoms with van der Waals surface area (Å²) in [6.45, 7) is 2.97. The Labute approximate surface area is 120 Å². The van der Waals surface area contributed by atoms with E-state index in [1.807, 2.05) is 0 Å². The molecule has 112 valence electrons. The van der Waals surface area contributed by atoms with Gasteiger partial charge in [0, 0.05) is 18.6 Å². The second-order valence-electron chi connectivity index (χ2n) is 6.13. The van der Waals surface area contributed by atoms with Gasteiger partial charge in [0.25, 0.3) is 0 Å². The van der Waals surface area contributed by atoms with E-state index >= 15 is 0 Å². The van der Waals surface area contributed by atoms with Crippen LogP contribution in [0.3, 0.4) is 0 Å². The van der Waals surface area contributed by atoms with Crippen LogP contribution < -0.4 is 5.73 Å². The molecule has 1 atom stereocenters. The molecule has 2 N–H and O–H groups in total. The minimum atomic E-state index is -0.827. The van der Waals surface area contributed by atoms with Gasteiger partial charge in [-0.25, -0.2) is 8.78 Å². The number of nitrogens with zero attached hydrogens (tertiary/aromatic N) is 1. The highest BCUT2D eigenvalue weighted by Gasteiger charge is 2.23. The minimum Gasteiger partial charge on any atom is -0.323 e. The van der Waals surface area contributed by atoms with E-state index in [1.165, 1.54) is 31.7 Å². The Bertz CT molecular complexity index is 442. The summed E-state index contributed by atoms with van der Waals surface area (Å²) in [5.74, 6) is -0.831. The van der Waals surface area contributed by atoms with Crippen LogP contribution in [0.25, 0.3) is 0 Å². The van der Waals surface area contributed by atoms with E-state index in [4.69, 9.17) is 5.73 Å². The lowest BCUT2D eigenvalue weighted by Crippen LogP contribution is -2.39. The molecular formula is C16H24F2N2. The summed E-state index contributed by atoms with van der Waals surface area (Å²) in [5, 5.41) is 0. The molecular weight excluding hydrogens is 258 g/mol. The third-order valence-corrected chi connectivity index (χ3v) is 4.47. The topological polar surface area (TPSA) is 29.3 Å². The fourth-order valence-electron chi connectivity index (χ4n) is 2.99. The molecule has 0 radical (unpaired) electrons. The molecule has 0 spiro atoms. The normalized spacial score (nSPS) is 24.9. The minimum absolute atomic E-state index is 0.283. The van der Waals surface area contributed by atoms with Crippen LogP contribution in [0.5, 0.6) is 0 Å².